The molecule has 0 amide bonds. The van der Waals surface area contributed by atoms with Crippen molar-refractivity contribution < 1.29 is 23.0 Å². The van der Waals surface area contributed by atoms with Gasteiger partial charge in [0.25, 0.3) is 11.4 Å². The molecule has 0 radical (unpaired) electrons. The second-order valence-electron chi connectivity index (χ2n) is 4.32. The van der Waals surface area contributed by atoms with E-state index < -0.39 is 38.6 Å². The number of nitro groups is 2. The summed E-state index contributed by atoms with van der Waals surface area (Å²) in [4.78, 5) is 19.7. The first kappa shape index (κ1) is 17.6. The number of unbranched alkanes of at least 4 members (excludes halogenated alkanes) is 1. The van der Waals surface area contributed by atoms with Gasteiger partial charge in [-0.3, -0.25) is 20.2 Å². The topological polar surface area (TPSA) is 124 Å². The van der Waals surface area contributed by atoms with Crippen LogP contribution in [0.1, 0.15) is 18.4 Å². The van der Waals surface area contributed by atoms with E-state index in [4.69, 9.17) is 5.73 Å². The van der Waals surface area contributed by atoms with E-state index in [-0.39, 0.29) is 18.7 Å². The minimum absolute atomic E-state index is 0.115. The maximum absolute atomic E-state index is 12.7. The molecule has 1 rings (SSSR count). The standard InChI is InChI=1S/C11H13F3N4O4/c12-11(13,14)7-5-8(17(19)20)10(9(6-7)18(21)22)16-4-2-1-3-15/h5-6,16H,1-4,15H2. The van der Waals surface area contributed by atoms with E-state index in [9.17, 15) is 33.4 Å². The number of hydrogen-bond donors (Lipinski definition) is 2. The second-order valence-corrected chi connectivity index (χ2v) is 4.32. The largest absolute Gasteiger partial charge is 0.416 e. The zero-order valence-electron chi connectivity index (χ0n) is 11.2. The first-order valence-electron chi connectivity index (χ1n) is 6.16. The SMILES string of the molecule is NCCCCNc1c([N+](=O)[O-])cc(C(F)(F)F)cc1[N+](=O)[O-]. The molecular weight excluding hydrogens is 309 g/mol. The van der Waals surface area contributed by atoms with Gasteiger partial charge in [0, 0.05) is 18.7 Å². The normalized spacial score (nSPS) is 11.3. The van der Waals surface area contributed by atoms with Crippen LogP contribution in [0.2, 0.25) is 0 Å². The maximum Gasteiger partial charge on any atom is 0.416 e. The summed E-state index contributed by atoms with van der Waals surface area (Å²) in [5.74, 6) is 0. The molecule has 122 valence electrons. The van der Waals surface area contributed by atoms with Gasteiger partial charge in [0.15, 0.2) is 5.69 Å². The summed E-state index contributed by atoms with van der Waals surface area (Å²) in [6, 6.07) is 0.552. The van der Waals surface area contributed by atoms with Crippen LogP contribution in [0.4, 0.5) is 30.2 Å². The van der Waals surface area contributed by atoms with Gasteiger partial charge in [0.2, 0.25) is 0 Å². The maximum atomic E-state index is 12.7. The van der Waals surface area contributed by atoms with Gasteiger partial charge in [-0.25, -0.2) is 0 Å². The highest BCUT2D eigenvalue weighted by atomic mass is 19.4. The monoisotopic (exact) mass is 322 g/mol. The van der Waals surface area contributed by atoms with E-state index in [2.05, 4.69) is 5.32 Å². The highest BCUT2D eigenvalue weighted by Crippen LogP contribution is 2.41. The molecule has 8 nitrogen and oxygen atoms in total. The molecule has 0 unspecified atom stereocenters. The van der Waals surface area contributed by atoms with E-state index in [1.807, 2.05) is 0 Å². The Morgan fingerprint density at radius 1 is 1.09 bits per heavy atom. The van der Waals surface area contributed by atoms with Gasteiger partial charge in [-0.2, -0.15) is 13.2 Å². The average Bonchev–Trinajstić information content (AvgIpc) is 2.41. The molecule has 0 aliphatic heterocycles. The molecule has 0 atom stereocenters. The number of nitrogens with zero attached hydrogens (tertiary/aromatic N) is 2. The van der Waals surface area contributed by atoms with E-state index in [0.29, 0.717) is 19.4 Å². The van der Waals surface area contributed by atoms with Gasteiger partial charge in [0.05, 0.1) is 15.4 Å². The van der Waals surface area contributed by atoms with Crippen LogP contribution in [0.25, 0.3) is 0 Å². The third-order valence-electron chi connectivity index (χ3n) is 2.75. The zero-order valence-corrected chi connectivity index (χ0v) is 11.2. The number of benzene rings is 1. The molecule has 1 aromatic carbocycles. The summed E-state index contributed by atoms with van der Waals surface area (Å²) >= 11 is 0. The van der Waals surface area contributed by atoms with Crippen LogP contribution in [0.3, 0.4) is 0 Å². The van der Waals surface area contributed by atoms with Gasteiger partial charge in [0.1, 0.15) is 0 Å². The average molecular weight is 322 g/mol. The van der Waals surface area contributed by atoms with Crippen LogP contribution in [0.15, 0.2) is 12.1 Å². The molecule has 22 heavy (non-hydrogen) atoms. The summed E-state index contributed by atoms with van der Waals surface area (Å²) in [5.41, 5.74) is 1.29. The van der Waals surface area contributed by atoms with Crippen LogP contribution in [-0.4, -0.2) is 22.9 Å². The molecule has 0 aliphatic carbocycles. The van der Waals surface area contributed by atoms with E-state index in [1.165, 1.54) is 0 Å². The van der Waals surface area contributed by atoms with Crippen molar-refractivity contribution in [2.75, 3.05) is 18.4 Å². The number of nitro benzene ring substituents is 2. The molecule has 1 aromatic rings. The molecule has 0 saturated carbocycles. The Labute approximate surface area is 122 Å². The van der Waals surface area contributed by atoms with Crippen molar-refractivity contribution in [3.05, 3.63) is 37.9 Å². The number of alkyl halides is 3. The summed E-state index contributed by atoms with van der Waals surface area (Å²) in [6.07, 6.45) is -3.89. The zero-order chi connectivity index (χ0) is 16.9. The highest BCUT2D eigenvalue weighted by molar-refractivity contribution is 5.75. The number of halogens is 3. The van der Waals surface area contributed by atoms with Crippen molar-refractivity contribution >= 4 is 17.1 Å². The number of nitrogens with one attached hydrogen (secondary N) is 1. The van der Waals surface area contributed by atoms with Gasteiger partial charge in [-0.05, 0) is 19.4 Å². The number of nitrogens with two attached hydrogens (primary N) is 1. The second kappa shape index (κ2) is 7.02. The van der Waals surface area contributed by atoms with Crippen LogP contribution in [0, 0.1) is 20.2 Å². The molecule has 0 aliphatic rings. The summed E-state index contributed by atoms with van der Waals surface area (Å²) in [7, 11) is 0. The van der Waals surface area contributed by atoms with Crippen molar-refractivity contribution in [2.45, 2.75) is 19.0 Å². The molecular formula is C11H13F3N4O4. The molecule has 0 bridgehead atoms. The third kappa shape index (κ3) is 4.28. The minimum atomic E-state index is -4.92. The van der Waals surface area contributed by atoms with Crippen molar-refractivity contribution in [1.29, 1.82) is 0 Å². The number of hydrogen-bond acceptors (Lipinski definition) is 6. The lowest BCUT2D eigenvalue weighted by atomic mass is 10.1. The Kier molecular flexibility index (Phi) is 5.63. The summed E-state index contributed by atoms with van der Waals surface area (Å²) in [6.45, 7) is 0.475. The quantitative estimate of drug-likeness (QED) is 0.452. The summed E-state index contributed by atoms with van der Waals surface area (Å²) in [5, 5.41) is 24.3. The molecule has 0 aromatic heterocycles. The first-order valence-corrected chi connectivity index (χ1v) is 6.16. The minimum Gasteiger partial charge on any atom is -0.374 e. The van der Waals surface area contributed by atoms with Crippen molar-refractivity contribution in [3.63, 3.8) is 0 Å². The number of anilines is 1. The predicted molar refractivity (Wildman–Crippen MR) is 71.5 cm³/mol. The lowest BCUT2D eigenvalue weighted by molar-refractivity contribution is -0.392. The lowest BCUT2D eigenvalue weighted by Gasteiger charge is -2.11. The Morgan fingerprint density at radius 2 is 1.59 bits per heavy atom. The fraction of sp³-hybridized carbons (Fsp3) is 0.455. The van der Waals surface area contributed by atoms with Crippen LogP contribution >= 0.6 is 0 Å². The molecule has 0 saturated heterocycles. The Bertz CT molecular complexity index is 542. The fourth-order valence-corrected chi connectivity index (χ4v) is 1.73. The lowest BCUT2D eigenvalue weighted by Crippen LogP contribution is -2.12. The molecule has 0 heterocycles. The summed E-state index contributed by atoms with van der Waals surface area (Å²) < 4.78 is 38.0. The molecule has 3 N–H and O–H groups in total. The van der Waals surface area contributed by atoms with Crippen LogP contribution in [0.5, 0.6) is 0 Å². The van der Waals surface area contributed by atoms with E-state index in [1.54, 1.807) is 0 Å². The molecule has 11 heteroatoms. The molecule has 0 spiro atoms. The van der Waals surface area contributed by atoms with Crippen LogP contribution < -0.4 is 11.1 Å². The Balaban J connectivity index is 3.32. The Morgan fingerprint density at radius 3 is 1.95 bits per heavy atom. The van der Waals surface area contributed by atoms with Gasteiger partial charge in [-0.1, -0.05) is 0 Å². The van der Waals surface area contributed by atoms with Crippen molar-refractivity contribution in [3.8, 4) is 0 Å². The predicted octanol–water partition coefficient (Wildman–Crippen LogP) is 2.67. The first-order chi connectivity index (χ1) is 10.2. The third-order valence-corrected chi connectivity index (χ3v) is 2.75. The van der Waals surface area contributed by atoms with Gasteiger partial charge in [-0.15, -0.1) is 0 Å². The Hall–Kier alpha value is -2.43. The van der Waals surface area contributed by atoms with Gasteiger partial charge >= 0.3 is 6.18 Å². The smallest absolute Gasteiger partial charge is 0.374 e. The highest BCUT2D eigenvalue weighted by Gasteiger charge is 2.37. The number of rotatable bonds is 7. The fourth-order valence-electron chi connectivity index (χ4n) is 1.73. The van der Waals surface area contributed by atoms with Crippen molar-refractivity contribution in [1.82, 2.24) is 0 Å². The van der Waals surface area contributed by atoms with E-state index in [0.717, 1.165) is 0 Å². The van der Waals surface area contributed by atoms with Gasteiger partial charge < -0.3 is 11.1 Å². The molecule has 0 fully saturated rings. The van der Waals surface area contributed by atoms with Crippen LogP contribution in [-0.2, 0) is 6.18 Å². The van der Waals surface area contributed by atoms with E-state index >= 15 is 0 Å². The van der Waals surface area contributed by atoms with Crippen molar-refractivity contribution in [2.24, 2.45) is 5.73 Å².